The maximum absolute atomic E-state index is 5.95. The number of benzene rings is 1. The van der Waals surface area contributed by atoms with Crippen molar-refractivity contribution in [2.45, 2.75) is 33.2 Å². The molecule has 0 bridgehead atoms. The quantitative estimate of drug-likeness (QED) is 0.867. The van der Waals surface area contributed by atoms with Crippen LogP contribution in [0.5, 0.6) is 0 Å². The highest BCUT2D eigenvalue weighted by Gasteiger charge is 2.17. The van der Waals surface area contributed by atoms with E-state index in [1.807, 2.05) is 0 Å². The molecule has 1 aromatic carbocycles. The van der Waals surface area contributed by atoms with Crippen molar-refractivity contribution in [3.63, 3.8) is 0 Å². The largest absolute Gasteiger partial charge is 0.329 e. The molecule has 0 saturated carbocycles. The van der Waals surface area contributed by atoms with Gasteiger partial charge in [-0.3, -0.25) is 4.90 Å². The number of nitrogens with two attached hydrogens (primary N) is 1. The van der Waals surface area contributed by atoms with E-state index in [4.69, 9.17) is 5.73 Å². The first kappa shape index (κ1) is 15.7. The lowest BCUT2D eigenvalue weighted by atomic mass is 10.0. The van der Waals surface area contributed by atoms with Crippen molar-refractivity contribution in [1.29, 1.82) is 0 Å². The number of hydrogen-bond acceptors (Lipinski definition) is 2. The van der Waals surface area contributed by atoms with Crippen molar-refractivity contribution in [1.82, 2.24) is 4.90 Å². The Labute approximate surface area is 120 Å². The zero-order chi connectivity index (χ0) is 13.7. The maximum atomic E-state index is 5.95. The Bertz CT molecular complexity index is 379. The summed E-state index contributed by atoms with van der Waals surface area (Å²) in [5.41, 5.74) is 8.51. The molecular weight excluding hydrogens is 288 g/mol. The Kier molecular flexibility index (Phi) is 6.33. The second-order valence-electron chi connectivity index (χ2n) is 5.21. The topological polar surface area (TPSA) is 29.3 Å². The third-order valence-corrected chi connectivity index (χ3v) is 4.49. The molecule has 0 spiro atoms. The molecule has 1 aromatic rings. The fourth-order valence-corrected chi connectivity index (χ4v) is 2.53. The Morgan fingerprint density at radius 2 is 2.06 bits per heavy atom. The number of aryl methyl sites for hydroxylation is 1. The van der Waals surface area contributed by atoms with Crippen LogP contribution < -0.4 is 5.73 Å². The summed E-state index contributed by atoms with van der Waals surface area (Å²) in [5.74, 6) is 0.706. The third-order valence-electron chi connectivity index (χ3n) is 3.63. The number of rotatable bonds is 6. The van der Waals surface area contributed by atoms with Gasteiger partial charge in [-0.05, 0) is 37.1 Å². The van der Waals surface area contributed by atoms with Gasteiger partial charge in [0.15, 0.2) is 0 Å². The van der Waals surface area contributed by atoms with Crippen LogP contribution in [0.3, 0.4) is 0 Å². The first-order valence-corrected chi connectivity index (χ1v) is 7.45. The fraction of sp³-hybridized carbons (Fsp3) is 0.600. The summed E-state index contributed by atoms with van der Waals surface area (Å²) in [7, 11) is 2.16. The fourth-order valence-electron chi connectivity index (χ4n) is 2.13. The van der Waals surface area contributed by atoms with Crippen LogP contribution in [0.25, 0.3) is 0 Å². The molecule has 102 valence electrons. The Morgan fingerprint density at radius 1 is 1.39 bits per heavy atom. The standard InChI is InChI=1S/C15H25BrN2/c1-5-11(2)10-18(4)15(9-17)13-7-6-12(3)14(16)8-13/h6-8,11,15H,5,9-10,17H2,1-4H3. The maximum Gasteiger partial charge on any atom is 0.0467 e. The van der Waals surface area contributed by atoms with E-state index in [2.05, 4.69) is 66.8 Å². The SMILES string of the molecule is CCC(C)CN(C)C(CN)c1ccc(C)c(Br)c1. The van der Waals surface area contributed by atoms with E-state index in [0.717, 1.165) is 11.0 Å². The van der Waals surface area contributed by atoms with Crippen molar-refractivity contribution in [3.05, 3.63) is 33.8 Å². The molecule has 2 unspecified atom stereocenters. The van der Waals surface area contributed by atoms with E-state index in [-0.39, 0.29) is 0 Å². The minimum absolute atomic E-state index is 0.302. The van der Waals surface area contributed by atoms with Gasteiger partial charge in [0.05, 0.1) is 0 Å². The van der Waals surface area contributed by atoms with Gasteiger partial charge in [-0.15, -0.1) is 0 Å². The number of nitrogens with zero attached hydrogens (tertiary/aromatic N) is 1. The molecule has 2 atom stereocenters. The normalized spacial score (nSPS) is 14.8. The van der Waals surface area contributed by atoms with Crippen LogP contribution in [-0.2, 0) is 0 Å². The first-order chi connectivity index (χ1) is 8.49. The second-order valence-corrected chi connectivity index (χ2v) is 6.07. The van der Waals surface area contributed by atoms with Gasteiger partial charge in [-0.25, -0.2) is 0 Å². The molecule has 1 rings (SSSR count). The van der Waals surface area contributed by atoms with Gasteiger partial charge in [-0.2, -0.15) is 0 Å². The van der Waals surface area contributed by atoms with Crippen LogP contribution in [0.4, 0.5) is 0 Å². The van der Waals surface area contributed by atoms with Crippen LogP contribution in [0.15, 0.2) is 22.7 Å². The highest BCUT2D eigenvalue weighted by Crippen LogP contribution is 2.25. The van der Waals surface area contributed by atoms with Gasteiger partial charge < -0.3 is 5.73 Å². The molecular formula is C15H25BrN2. The lowest BCUT2D eigenvalue weighted by molar-refractivity contribution is 0.215. The molecule has 0 radical (unpaired) electrons. The molecule has 0 aromatic heterocycles. The summed E-state index contributed by atoms with van der Waals surface area (Å²) in [5, 5.41) is 0. The van der Waals surface area contributed by atoms with Crippen molar-refractivity contribution < 1.29 is 0 Å². The zero-order valence-corrected chi connectivity index (χ0v) is 13.5. The van der Waals surface area contributed by atoms with E-state index in [9.17, 15) is 0 Å². The number of likely N-dealkylation sites (N-methyl/N-ethyl adjacent to an activating group) is 1. The monoisotopic (exact) mass is 312 g/mol. The summed E-state index contributed by atoms with van der Waals surface area (Å²) < 4.78 is 1.16. The minimum atomic E-state index is 0.302. The molecule has 0 aliphatic heterocycles. The molecule has 3 heteroatoms. The molecule has 0 heterocycles. The highest BCUT2D eigenvalue weighted by molar-refractivity contribution is 9.10. The van der Waals surface area contributed by atoms with Gasteiger partial charge in [0.2, 0.25) is 0 Å². The molecule has 0 amide bonds. The van der Waals surface area contributed by atoms with E-state index in [1.54, 1.807) is 0 Å². The Balaban J connectivity index is 2.84. The summed E-state index contributed by atoms with van der Waals surface area (Å²) in [4.78, 5) is 2.37. The molecule has 0 fully saturated rings. The zero-order valence-electron chi connectivity index (χ0n) is 11.9. The van der Waals surface area contributed by atoms with Crippen LogP contribution in [0.2, 0.25) is 0 Å². The van der Waals surface area contributed by atoms with Gasteiger partial charge in [0.1, 0.15) is 0 Å². The molecule has 0 aliphatic rings. The molecule has 0 saturated heterocycles. The summed E-state index contributed by atoms with van der Waals surface area (Å²) in [6, 6.07) is 6.83. The van der Waals surface area contributed by atoms with Crippen LogP contribution in [-0.4, -0.2) is 25.0 Å². The average molecular weight is 313 g/mol. The lowest BCUT2D eigenvalue weighted by Crippen LogP contribution is -2.33. The van der Waals surface area contributed by atoms with E-state index in [0.29, 0.717) is 18.5 Å². The number of hydrogen-bond donors (Lipinski definition) is 1. The van der Waals surface area contributed by atoms with E-state index < -0.39 is 0 Å². The van der Waals surface area contributed by atoms with Gasteiger partial charge >= 0.3 is 0 Å². The Morgan fingerprint density at radius 3 is 2.56 bits per heavy atom. The number of halogens is 1. The molecule has 2 N–H and O–H groups in total. The smallest absolute Gasteiger partial charge is 0.0467 e. The lowest BCUT2D eigenvalue weighted by Gasteiger charge is -2.29. The predicted molar refractivity (Wildman–Crippen MR) is 82.8 cm³/mol. The summed E-state index contributed by atoms with van der Waals surface area (Å²) >= 11 is 3.60. The first-order valence-electron chi connectivity index (χ1n) is 6.65. The highest BCUT2D eigenvalue weighted by atomic mass is 79.9. The average Bonchev–Trinajstić information content (AvgIpc) is 2.34. The van der Waals surface area contributed by atoms with Gasteiger partial charge in [-0.1, -0.05) is 48.3 Å². The minimum Gasteiger partial charge on any atom is -0.329 e. The van der Waals surface area contributed by atoms with Crippen molar-refractivity contribution in [2.75, 3.05) is 20.1 Å². The van der Waals surface area contributed by atoms with E-state index >= 15 is 0 Å². The third kappa shape index (κ3) is 4.08. The molecule has 18 heavy (non-hydrogen) atoms. The molecule has 0 aliphatic carbocycles. The van der Waals surface area contributed by atoms with Crippen LogP contribution in [0.1, 0.15) is 37.4 Å². The molecule has 2 nitrogen and oxygen atoms in total. The second kappa shape index (κ2) is 7.27. The predicted octanol–water partition coefficient (Wildman–Crippen LogP) is 3.74. The van der Waals surface area contributed by atoms with Crippen molar-refractivity contribution in [3.8, 4) is 0 Å². The van der Waals surface area contributed by atoms with Gasteiger partial charge in [0, 0.05) is 23.6 Å². The van der Waals surface area contributed by atoms with E-state index in [1.165, 1.54) is 17.5 Å². The van der Waals surface area contributed by atoms with Crippen LogP contribution in [0, 0.1) is 12.8 Å². The summed E-state index contributed by atoms with van der Waals surface area (Å²) in [6.07, 6.45) is 1.21. The Hall–Kier alpha value is -0.380. The van der Waals surface area contributed by atoms with Crippen molar-refractivity contribution in [2.24, 2.45) is 11.7 Å². The summed E-state index contributed by atoms with van der Waals surface area (Å²) in [6.45, 7) is 8.37. The van der Waals surface area contributed by atoms with Crippen LogP contribution >= 0.6 is 15.9 Å². The van der Waals surface area contributed by atoms with Gasteiger partial charge in [0.25, 0.3) is 0 Å². The van der Waals surface area contributed by atoms with Crippen molar-refractivity contribution >= 4 is 15.9 Å².